The number of amides is 1. The fourth-order valence-electron chi connectivity index (χ4n) is 3.47. The first kappa shape index (κ1) is 24.9. The van der Waals surface area contributed by atoms with Gasteiger partial charge >= 0.3 is 0 Å². The van der Waals surface area contributed by atoms with Crippen molar-refractivity contribution >= 4 is 34.1 Å². The Morgan fingerprint density at radius 1 is 1.03 bits per heavy atom. The van der Waals surface area contributed by atoms with Gasteiger partial charge in [0.2, 0.25) is 11.8 Å². The predicted molar refractivity (Wildman–Crippen MR) is 141 cm³/mol. The Labute approximate surface area is 213 Å². The standard InChI is InChI=1S/C26H28N4O3S2/c1-3-4-5-9-16-30(25-27-22(17-34-25)19-10-7-6-8-11-19)23(31)18-35-26-29-28-24(33-26)20-12-14-21(32-2)15-13-20/h6-8,10-15,17H,3-5,9,16,18H2,1-2H3. The first-order chi connectivity index (χ1) is 17.2. The van der Waals surface area contributed by atoms with E-state index in [-0.39, 0.29) is 11.7 Å². The van der Waals surface area contributed by atoms with Gasteiger partial charge in [-0.2, -0.15) is 0 Å². The lowest BCUT2D eigenvalue weighted by molar-refractivity contribution is -0.116. The average Bonchev–Trinajstić information content (AvgIpc) is 3.58. The molecule has 9 heteroatoms. The summed E-state index contributed by atoms with van der Waals surface area (Å²) >= 11 is 2.74. The van der Waals surface area contributed by atoms with Gasteiger partial charge in [-0.15, -0.1) is 21.5 Å². The molecule has 2 aromatic heterocycles. The van der Waals surface area contributed by atoms with Crippen molar-refractivity contribution in [3.8, 4) is 28.5 Å². The third-order valence-electron chi connectivity index (χ3n) is 5.39. The highest BCUT2D eigenvalue weighted by Gasteiger charge is 2.21. The number of hydrogen-bond acceptors (Lipinski definition) is 8. The maximum Gasteiger partial charge on any atom is 0.277 e. The first-order valence-electron chi connectivity index (χ1n) is 11.6. The molecule has 0 N–H and O–H groups in total. The molecule has 0 radical (unpaired) electrons. The van der Waals surface area contributed by atoms with Gasteiger partial charge in [0, 0.05) is 23.1 Å². The van der Waals surface area contributed by atoms with Crippen molar-refractivity contribution in [1.82, 2.24) is 15.2 Å². The van der Waals surface area contributed by atoms with Crippen LogP contribution >= 0.6 is 23.1 Å². The summed E-state index contributed by atoms with van der Waals surface area (Å²) in [7, 11) is 1.62. The van der Waals surface area contributed by atoms with Crippen molar-refractivity contribution in [2.75, 3.05) is 24.3 Å². The number of aromatic nitrogens is 3. The molecule has 0 unspecified atom stereocenters. The molecular weight excluding hydrogens is 480 g/mol. The lowest BCUT2D eigenvalue weighted by atomic mass is 10.2. The van der Waals surface area contributed by atoms with Gasteiger partial charge in [-0.1, -0.05) is 68.3 Å². The van der Waals surface area contributed by atoms with E-state index in [9.17, 15) is 4.79 Å². The van der Waals surface area contributed by atoms with Crippen molar-refractivity contribution in [2.24, 2.45) is 0 Å². The Morgan fingerprint density at radius 3 is 2.57 bits per heavy atom. The second-order valence-electron chi connectivity index (χ2n) is 7.88. The van der Waals surface area contributed by atoms with E-state index >= 15 is 0 Å². The van der Waals surface area contributed by atoms with Crippen LogP contribution in [-0.2, 0) is 4.79 Å². The Morgan fingerprint density at radius 2 is 1.83 bits per heavy atom. The normalized spacial score (nSPS) is 10.9. The fourth-order valence-corrected chi connectivity index (χ4v) is 4.99. The van der Waals surface area contributed by atoms with Crippen LogP contribution in [-0.4, -0.2) is 40.5 Å². The molecule has 4 rings (SSSR count). The monoisotopic (exact) mass is 508 g/mol. The van der Waals surface area contributed by atoms with E-state index in [0.717, 1.165) is 53.4 Å². The lowest BCUT2D eigenvalue weighted by Crippen LogP contribution is -2.33. The number of unbranched alkanes of at least 4 members (excludes halogenated alkanes) is 3. The van der Waals surface area contributed by atoms with Gasteiger partial charge in [0.15, 0.2) is 5.13 Å². The molecule has 182 valence electrons. The third-order valence-corrected chi connectivity index (χ3v) is 7.06. The van der Waals surface area contributed by atoms with Crippen LogP contribution < -0.4 is 9.64 Å². The molecule has 0 spiro atoms. The molecule has 1 amide bonds. The topological polar surface area (TPSA) is 81.4 Å². The molecule has 0 aliphatic heterocycles. The Kier molecular flexibility index (Phi) is 8.91. The maximum absolute atomic E-state index is 13.2. The van der Waals surface area contributed by atoms with Gasteiger partial charge in [0.05, 0.1) is 18.6 Å². The fraction of sp³-hybridized carbons (Fsp3) is 0.308. The van der Waals surface area contributed by atoms with Crippen molar-refractivity contribution in [3.63, 3.8) is 0 Å². The minimum absolute atomic E-state index is 0.0235. The van der Waals surface area contributed by atoms with Crippen molar-refractivity contribution in [2.45, 2.75) is 37.8 Å². The highest BCUT2D eigenvalue weighted by atomic mass is 32.2. The zero-order valence-electron chi connectivity index (χ0n) is 19.8. The molecular formula is C26H28N4O3S2. The molecule has 0 aliphatic carbocycles. The van der Waals surface area contributed by atoms with E-state index in [1.54, 1.807) is 12.0 Å². The van der Waals surface area contributed by atoms with E-state index in [1.165, 1.54) is 23.1 Å². The van der Waals surface area contributed by atoms with Crippen LogP contribution in [0.25, 0.3) is 22.7 Å². The number of thiazole rings is 1. The number of methoxy groups -OCH3 is 1. The van der Waals surface area contributed by atoms with E-state index in [1.807, 2.05) is 60.0 Å². The van der Waals surface area contributed by atoms with E-state index in [2.05, 4.69) is 17.1 Å². The number of benzene rings is 2. The minimum atomic E-state index is -0.0235. The van der Waals surface area contributed by atoms with Crippen LogP contribution in [0.15, 0.2) is 69.6 Å². The SMILES string of the molecule is CCCCCCN(C(=O)CSc1nnc(-c2ccc(OC)cc2)o1)c1nc(-c2ccccc2)cs1. The number of hydrogen-bond donors (Lipinski definition) is 0. The van der Waals surface area contributed by atoms with Crippen LogP contribution in [0.2, 0.25) is 0 Å². The van der Waals surface area contributed by atoms with Crippen LogP contribution in [0.3, 0.4) is 0 Å². The molecule has 2 aromatic carbocycles. The van der Waals surface area contributed by atoms with Gasteiger partial charge in [0.25, 0.3) is 5.22 Å². The summed E-state index contributed by atoms with van der Waals surface area (Å²) < 4.78 is 11.0. The number of ether oxygens (including phenoxy) is 1. The number of thioether (sulfide) groups is 1. The number of anilines is 1. The molecule has 0 saturated heterocycles. The summed E-state index contributed by atoms with van der Waals surface area (Å²) in [5.74, 6) is 1.33. The summed E-state index contributed by atoms with van der Waals surface area (Å²) in [6.45, 7) is 2.82. The third kappa shape index (κ3) is 6.70. The Balaban J connectivity index is 1.42. The molecule has 0 saturated carbocycles. The highest BCUT2D eigenvalue weighted by molar-refractivity contribution is 7.99. The van der Waals surface area contributed by atoms with Crippen molar-refractivity contribution < 1.29 is 13.9 Å². The summed E-state index contributed by atoms with van der Waals surface area (Å²) in [5.41, 5.74) is 2.72. The molecule has 0 aliphatic rings. The van der Waals surface area contributed by atoms with E-state index < -0.39 is 0 Å². The van der Waals surface area contributed by atoms with Gasteiger partial charge in [-0.3, -0.25) is 9.69 Å². The lowest BCUT2D eigenvalue weighted by Gasteiger charge is -2.19. The molecule has 0 bridgehead atoms. The van der Waals surface area contributed by atoms with Crippen LogP contribution in [0, 0.1) is 0 Å². The Hall–Kier alpha value is -3.17. The van der Waals surface area contributed by atoms with Gasteiger partial charge in [0.1, 0.15) is 5.75 Å². The van der Waals surface area contributed by atoms with Crippen LogP contribution in [0.4, 0.5) is 5.13 Å². The van der Waals surface area contributed by atoms with Gasteiger partial charge in [-0.25, -0.2) is 4.98 Å². The zero-order valence-corrected chi connectivity index (χ0v) is 21.5. The molecule has 35 heavy (non-hydrogen) atoms. The summed E-state index contributed by atoms with van der Waals surface area (Å²) in [6, 6.07) is 17.4. The van der Waals surface area contributed by atoms with Gasteiger partial charge < -0.3 is 9.15 Å². The van der Waals surface area contributed by atoms with Gasteiger partial charge in [-0.05, 0) is 30.7 Å². The molecule has 0 atom stereocenters. The van der Waals surface area contributed by atoms with Crippen LogP contribution in [0.5, 0.6) is 5.75 Å². The second-order valence-corrected chi connectivity index (χ2v) is 9.64. The molecule has 2 heterocycles. The highest BCUT2D eigenvalue weighted by Crippen LogP contribution is 2.29. The number of carbonyl (C=O) groups excluding carboxylic acids is 1. The van der Waals surface area contributed by atoms with E-state index in [4.69, 9.17) is 14.1 Å². The summed E-state index contributed by atoms with van der Waals surface area (Å²) in [6.07, 6.45) is 4.32. The average molecular weight is 509 g/mol. The maximum atomic E-state index is 13.2. The molecule has 4 aromatic rings. The van der Waals surface area contributed by atoms with Crippen molar-refractivity contribution in [1.29, 1.82) is 0 Å². The van der Waals surface area contributed by atoms with E-state index in [0.29, 0.717) is 17.7 Å². The zero-order chi connectivity index (χ0) is 24.5. The van der Waals surface area contributed by atoms with Crippen molar-refractivity contribution in [3.05, 3.63) is 60.0 Å². The minimum Gasteiger partial charge on any atom is -0.497 e. The number of carbonyl (C=O) groups is 1. The summed E-state index contributed by atoms with van der Waals surface area (Å²) in [5, 5.41) is 11.3. The smallest absolute Gasteiger partial charge is 0.277 e. The largest absolute Gasteiger partial charge is 0.497 e. The first-order valence-corrected chi connectivity index (χ1v) is 13.5. The second kappa shape index (κ2) is 12.5. The summed E-state index contributed by atoms with van der Waals surface area (Å²) in [4.78, 5) is 19.8. The molecule has 0 fully saturated rings. The quantitative estimate of drug-likeness (QED) is 0.158. The Bertz CT molecular complexity index is 1210. The number of rotatable bonds is 12. The van der Waals surface area contributed by atoms with Crippen LogP contribution in [0.1, 0.15) is 32.6 Å². The molecule has 7 nitrogen and oxygen atoms in total. The predicted octanol–water partition coefficient (Wildman–Crippen LogP) is 6.57. The number of nitrogens with zero attached hydrogens (tertiary/aromatic N) is 4.